The van der Waals surface area contributed by atoms with Crippen LogP contribution in [0.1, 0.15) is 12.7 Å². The zero-order valence-electron chi connectivity index (χ0n) is 16.6. The zero-order valence-corrected chi connectivity index (χ0v) is 17.4. The summed E-state index contributed by atoms with van der Waals surface area (Å²) in [6.45, 7) is 3.36. The summed E-state index contributed by atoms with van der Waals surface area (Å²) in [4.78, 5) is 12.7. The molecule has 31 heavy (non-hydrogen) atoms. The zero-order chi connectivity index (χ0) is 22.0. The molecule has 0 bridgehead atoms. The Morgan fingerprint density at radius 2 is 1.77 bits per heavy atom. The van der Waals surface area contributed by atoms with E-state index in [9.17, 15) is 13.2 Å². The van der Waals surface area contributed by atoms with Crippen molar-refractivity contribution in [1.82, 2.24) is 5.16 Å². The van der Waals surface area contributed by atoms with Crippen molar-refractivity contribution in [3.05, 3.63) is 66.4 Å². The molecule has 1 atom stereocenters. The average molecular weight is 438 g/mol. The number of rotatable bonds is 6. The largest absolute Gasteiger partial charge is 0.360 e. The van der Waals surface area contributed by atoms with E-state index in [1.807, 2.05) is 18.2 Å². The number of benzene rings is 2. The molecule has 10 nitrogen and oxygen atoms in total. The van der Waals surface area contributed by atoms with Crippen LogP contribution in [0.5, 0.6) is 0 Å². The summed E-state index contributed by atoms with van der Waals surface area (Å²) in [5, 5.41) is 17.4. The van der Waals surface area contributed by atoms with E-state index in [0.717, 1.165) is 0 Å². The summed E-state index contributed by atoms with van der Waals surface area (Å²) in [6, 6.07) is 15.4. The Balaban J connectivity index is 1.46. The normalized spacial score (nSPS) is 16.7. The van der Waals surface area contributed by atoms with Gasteiger partial charge in [-0.25, -0.2) is 8.42 Å². The number of hydrogen-bond acceptors (Lipinski definition) is 8. The second kappa shape index (κ2) is 8.11. The van der Waals surface area contributed by atoms with Crippen molar-refractivity contribution in [2.75, 3.05) is 9.73 Å². The first-order valence-electron chi connectivity index (χ1n) is 9.25. The first kappa shape index (κ1) is 20.4. The Morgan fingerprint density at radius 1 is 1.06 bits per heavy atom. The van der Waals surface area contributed by atoms with E-state index in [2.05, 4.69) is 25.2 Å². The van der Waals surface area contributed by atoms with Gasteiger partial charge in [0.25, 0.3) is 15.9 Å². The van der Waals surface area contributed by atoms with Gasteiger partial charge in [-0.3, -0.25) is 9.52 Å². The van der Waals surface area contributed by atoms with E-state index >= 15 is 0 Å². The molecule has 4 rings (SSSR count). The lowest BCUT2D eigenvalue weighted by Crippen LogP contribution is -2.29. The number of nitrogens with one attached hydrogen (secondary N) is 1. The second-order valence-electron chi connectivity index (χ2n) is 6.77. The highest BCUT2D eigenvalue weighted by Gasteiger charge is 2.34. The van der Waals surface area contributed by atoms with Crippen molar-refractivity contribution in [2.45, 2.75) is 24.8 Å². The Hall–Kier alpha value is -3.86. The number of nitrogens with zero attached hydrogens (tertiary/aromatic N) is 5. The molecule has 0 saturated carbocycles. The number of aromatic nitrogens is 1. The molecule has 1 aliphatic heterocycles. The van der Waals surface area contributed by atoms with Crippen LogP contribution in [0.4, 0.5) is 17.2 Å². The van der Waals surface area contributed by atoms with Crippen molar-refractivity contribution < 1.29 is 17.7 Å². The van der Waals surface area contributed by atoms with Gasteiger partial charge >= 0.3 is 0 Å². The molecule has 2 aromatic carbocycles. The molecular formula is C20H18N6O4S. The molecule has 2 heterocycles. The summed E-state index contributed by atoms with van der Waals surface area (Å²) >= 11 is 0. The summed E-state index contributed by atoms with van der Waals surface area (Å²) < 4.78 is 32.1. The van der Waals surface area contributed by atoms with Gasteiger partial charge in [0.1, 0.15) is 5.76 Å². The number of para-hydroxylation sites is 1. The molecule has 1 aromatic heterocycles. The van der Waals surface area contributed by atoms with Crippen LogP contribution in [0.2, 0.25) is 0 Å². The number of sulfonamides is 1. The minimum atomic E-state index is -3.83. The summed E-state index contributed by atoms with van der Waals surface area (Å²) in [7, 11) is -3.83. The first-order chi connectivity index (χ1) is 14.8. The van der Waals surface area contributed by atoms with Crippen LogP contribution in [0.25, 0.3) is 0 Å². The van der Waals surface area contributed by atoms with E-state index in [4.69, 9.17) is 4.52 Å². The number of azo groups is 1. The molecule has 158 valence electrons. The lowest BCUT2D eigenvalue weighted by atomic mass is 10.2. The van der Waals surface area contributed by atoms with Crippen molar-refractivity contribution in [1.29, 1.82) is 0 Å². The van der Waals surface area contributed by atoms with E-state index in [-0.39, 0.29) is 16.6 Å². The van der Waals surface area contributed by atoms with Gasteiger partial charge in [-0.05, 0) is 50.2 Å². The predicted molar refractivity (Wildman–Crippen MR) is 114 cm³/mol. The van der Waals surface area contributed by atoms with Crippen molar-refractivity contribution in [3.8, 4) is 0 Å². The van der Waals surface area contributed by atoms with Crippen LogP contribution < -0.4 is 9.73 Å². The molecule has 1 N–H and O–H groups in total. The van der Waals surface area contributed by atoms with Gasteiger partial charge in [0.05, 0.1) is 22.0 Å². The van der Waals surface area contributed by atoms with Crippen LogP contribution in [0, 0.1) is 6.92 Å². The molecule has 1 amide bonds. The van der Waals surface area contributed by atoms with Crippen LogP contribution in [-0.4, -0.2) is 31.2 Å². The molecule has 11 heteroatoms. The maximum atomic E-state index is 12.7. The molecule has 0 spiro atoms. The lowest BCUT2D eigenvalue weighted by Gasteiger charge is -2.11. The number of carbonyl (C=O) groups is 1. The van der Waals surface area contributed by atoms with Crippen LogP contribution in [0.15, 0.2) is 85.4 Å². The topological polar surface area (TPSA) is 130 Å². The van der Waals surface area contributed by atoms with Gasteiger partial charge in [0.15, 0.2) is 11.9 Å². The van der Waals surface area contributed by atoms with Gasteiger partial charge in [-0.2, -0.15) is 20.3 Å². The maximum absolute atomic E-state index is 12.7. The van der Waals surface area contributed by atoms with E-state index in [0.29, 0.717) is 22.8 Å². The third kappa shape index (κ3) is 4.36. The lowest BCUT2D eigenvalue weighted by molar-refractivity contribution is -0.117. The Kier molecular flexibility index (Phi) is 5.34. The highest BCUT2D eigenvalue weighted by atomic mass is 32.2. The van der Waals surface area contributed by atoms with E-state index < -0.39 is 16.1 Å². The van der Waals surface area contributed by atoms with Crippen LogP contribution in [-0.2, 0) is 14.8 Å². The average Bonchev–Trinajstić information content (AvgIpc) is 3.29. The van der Waals surface area contributed by atoms with Crippen molar-refractivity contribution in [3.63, 3.8) is 0 Å². The number of hydrogen-bond donors (Lipinski definition) is 1. The third-order valence-electron chi connectivity index (χ3n) is 4.40. The molecule has 0 aliphatic carbocycles. The summed E-state index contributed by atoms with van der Waals surface area (Å²) in [5.74, 6) is 0.275. The monoisotopic (exact) mass is 438 g/mol. The summed E-state index contributed by atoms with van der Waals surface area (Å²) in [6.07, 6.45) is 0. The van der Waals surface area contributed by atoms with Gasteiger partial charge in [-0.15, -0.1) is 0 Å². The molecule has 0 radical (unpaired) electrons. The van der Waals surface area contributed by atoms with Gasteiger partial charge < -0.3 is 4.52 Å². The molecule has 0 fully saturated rings. The van der Waals surface area contributed by atoms with Gasteiger partial charge in [0, 0.05) is 6.07 Å². The van der Waals surface area contributed by atoms with Crippen LogP contribution >= 0.6 is 0 Å². The minimum absolute atomic E-state index is 0.0250. The number of carbonyl (C=O) groups excluding carboxylic acids is 1. The fourth-order valence-corrected chi connectivity index (χ4v) is 3.85. The van der Waals surface area contributed by atoms with Crippen molar-refractivity contribution in [2.24, 2.45) is 15.3 Å². The molecule has 1 unspecified atom stereocenters. The number of hydrazone groups is 1. The van der Waals surface area contributed by atoms with Gasteiger partial charge in [-0.1, -0.05) is 23.4 Å². The smallest absolute Gasteiger partial charge is 0.280 e. The third-order valence-corrected chi connectivity index (χ3v) is 5.77. The molecule has 0 saturated heterocycles. The molecular weight excluding hydrogens is 420 g/mol. The summed E-state index contributed by atoms with van der Waals surface area (Å²) in [5.41, 5.74) is 1.56. The number of anilines is 2. The first-order valence-corrected chi connectivity index (χ1v) is 10.7. The Labute approximate surface area is 178 Å². The van der Waals surface area contributed by atoms with Crippen LogP contribution in [0.3, 0.4) is 0 Å². The Morgan fingerprint density at radius 3 is 2.42 bits per heavy atom. The highest BCUT2D eigenvalue weighted by molar-refractivity contribution is 7.92. The quantitative estimate of drug-likeness (QED) is 0.587. The maximum Gasteiger partial charge on any atom is 0.280 e. The van der Waals surface area contributed by atoms with Crippen molar-refractivity contribution >= 4 is 38.8 Å². The van der Waals surface area contributed by atoms with E-state index in [1.54, 1.807) is 26.0 Å². The minimum Gasteiger partial charge on any atom is -0.360 e. The fourth-order valence-electron chi connectivity index (χ4n) is 2.87. The number of amides is 1. The van der Waals surface area contributed by atoms with E-state index in [1.165, 1.54) is 35.3 Å². The molecule has 1 aliphatic rings. The predicted octanol–water partition coefficient (Wildman–Crippen LogP) is 3.66. The highest BCUT2D eigenvalue weighted by Crippen LogP contribution is 2.24. The molecule has 3 aromatic rings. The standard InChI is InChI=1S/C20H18N6O4S/c1-13-12-18(24-30-13)25-31(28,29)17-10-8-15(9-11-17)21-22-19-14(2)23-26(20(19)27)16-6-4-3-5-7-16/h3-12,19H,1-2H3,(H,24,25). The Bertz CT molecular complexity index is 1270. The fraction of sp³-hybridized carbons (Fsp3) is 0.150. The number of aryl methyl sites for hydroxylation is 1. The second-order valence-corrected chi connectivity index (χ2v) is 8.45. The van der Waals surface area contributed by atoms with Gasteiger partial charge in [0.2, 0.25) is 0 Å². The SMILES string of the molecule is CC1=NN(c2ccccc2)C(=O)C1N=Nc1ccc(S(=O)(=O)Nc2cc(C)on2)cc1.